The average Bonchev–Trinajstić information content (AvgIpc) is 2.90. The van der Waals surface area contributed by atoms with Crippen LogP contribution in [0.3, 0.4) is 0 Å². The lowest BCUT2D eigenvalue weighted by Crippen LogP contribution is -2.35. The van der Waals surface area contributed by atoms with E-state index >= 15 is 0 Å². The molecule has 0 saturated heterocycles. The van der Waals surface area contributed by atoms with E-state index in [-0.39, 0.29) is 19.6 Å². The molecule has 41 heavy (non-hydrogen) atoms. The minimum Gasteiger partial charge on any atom is -0.459 e. The zero-order valence-corrected chi connectivity index (χ0v) is 24.4. The van der Waals surface area contributed by atoms with Gasteiger partial charge >= 0.3 is 12.1 Å². The van der Waals surface area contributed by atoms with E-state index in [2.05, 4.69) is 16.0 Å². The van der Waals surface area contributed by atoms with Crippen LogP contribution >= 0.6 is 23.2 Å². The molecule has 1 atom stereocenters. The van der Waals surface area contributed by atoms with Crippen molar-refractivity contribution in [1.82, 2.24) is 5.32 Å². The lowest BCUT2D eigenvalue weighted by molar-refractivity contribution is -0.145. The molecule has 0 fully saturated rings. The topological polar surface area (TPSA) is 106 Å². The number of carbonyl (C=O) groups is 3. The number of benzene rings is 3. The fourth-order valence-corrected chi connectivity index (χ4v) is 4.82. The third kappa shape index (κ3) is 8.74. The first-order valence-electron chi connectivity index (χ1n) is 13.0. The molecule has 214 valence electrons. The number of alkyl carbamates (subject to hydrolysis) is 1. The molecule has 2 amide bonds. The van der Waals surface area contributed by atoms with Gasteiger partial charge in [-0.1, -0.05) is 65.7 Å². The van der Waals surface area contributed by atoms with E-state index in [1.165, 1.54) is 6.08 Å². The van der Waals surface area contributed by atoms with Crippen LogP contribution in [-0.4, -0.2) is 29.6 Å². The number of fused-ring (bicyclic) bond motifs is 1. The molecule has 3 aromatic rings. The van der Waals surface area contributed by atoms with Crippen LogP contribution in [0, 0.1) is 0 Å². The number of esters is 1. The van der Waals surface area contributed by atoms with Crippen LogP contribution in [0.5, 0.6) is 0 Å². The minimum atomic E-state index is -0.739. The number of halogens is 2. The second-order valence-corrected chi connectivity index (χ2v) is 11.4. The highest BCUT2D eigenvalue weighted by molar-refractivity contribution is 6.36. The zero-order valence-electron chi connectivity index (χ0n) is 22.9. The number of amides is 2. The molecule has 0 radical (unpaired) electrons. The Balaban J connectivity index is 1.44. The van der Waals surface area contributed by atoms with Crippen molar-refractivity contribution in [3.63, 3.8) is 0 Å². The Labute approximate surface area is 249 Å². The molecule has 10 heteroatoms. The van der Waals surface area contributed by atoms with Crippen molar-refractivity contribution in [1.29, 1.82) is 0 Å². The van der Waals surface area contributed by atoms with Gasteiger partial charge in [-0.3, -0.25) is 4.79 Å². The molecule has 0 aliphatic carbocycles. The number of hydrogen-bond acceptors (Lipinski definition) is 6. The van der Waals surface area contributed by atoms with Crippen molar-refractivity contribution < 1.29 is 23.9 Å². The predicted molar refractivity (Wildman–Crippen MR) is 161 cm³/mol. The Morgan fingerprint density at radius 3 is 2.39 bits per heavy atom. The van der Waals surface area contributed by atoms with Crippen molar-refractivity contribution in [3.05, 3.63) is 99.5 Å². The Morgan fingerprint density at radius 2 is 1.71 bits per heavy atom. The first-order valence-corrected chi connectivity index (χ1v) is 13.8. The van der Waals surface area contributed by atoms with Crippen molar-refractivity contribution in [2.24, 2.45) is 0 Å². The summed E-state index contributed by atoms with van der Waals surface area (Å²) in [7, 11) is 0. The van der Waals surface area contributed by atoms with Crippen LogP contribution in [-0.2, 0) is 32.2 Å². The molecule has 1 heterocycles. The van der Waals surface area contributed by atoms with Gasteiger partial charge in [0.2, 0.25) is 5.91 Å². The van der Waals surface area contributed by atoms with Crippen LogP contribution < -0.4 is 16.0 Å². The van der Waals surface area contributed by atoms with Crippen molar-refractivity contribution in [2.45, 2.75) is 52.0 Å². The fraction of sp³-hybridized carbons (Fsp3) is 0.258. The van der Waals surface area contributed by atoms with Gasteiger partial charge in [0.25, 0.3) is 0 Å². The molecule has 0 bridgehead atoms. The molecule has 1 aliphatic rings. The Hall–Kier alpha value is -4.01. The summed E-state index contributed by atoms with van der Waals surface area (Å²) in [6.45, 7) is 5.79. The number of rotatable bonds is 7. The van der Waals surface area contributed by atoms with Crippen LogP contribution in [0.25, 0.3) is 5.57 Å². The van der Waals surface area contributed by atoms with Gasteiger partial charge in [-0.25, -0.2) is 9.59 Å². The largest absolute Gasteiger partial charge is 0.459 e. The highest BCUT2D eigenvalue weighted by Crippen LogP contribution is 2.40. The van der Waals surface area contributed by atoms with Crippen molar-refractivity contribution in [2.75, 3.05) is 10.6 Å². The Morgan fingerprint density at radius 1 is 1.00 bits per heavy atom. The zero-order chi connectivity index (χ0) is 29.6. The summed E-state index contributed by atoms with van der Waals surface area (Å²) in [5.41, 5.74) is 3.38. The van der Waals surface area contributed by atoms with E-state index in [1.54, 1.807) is 57.2 Å². The summed E-state index contributed by atoms with van der Waals surface area (Å²) >= 11 is 12.7. The first-order chi connectivity index (χ1) is 19.5. The normalized spacial score (nSPS) is 15.3. The molecule has 1 aliphatic heterocycles. The van der Waals surface area contributed by atoms with Crippen molar-refractivity contribution >= 4 is 58.1 Å². The number of ether oxygens (including phenoxy) is 2. The van der Waals surface area contributed by atoms with E-state index in [0.29, 0.717) is 32.6 Å². The standard InChI is InChI=1S/C31H31Cl2N3O5/c1-31(2,3)41-30(39)34-17-19-9-11-23(12-10-19)35-27(37)14-21-13-26(29(38)40-18-20-7-5-4-6-8-20)36-25-16-22(32)15-24(33)28(21)25/h4-12,14-16,26,36H,13,17-18H2,1-3H3,(H,34,39)(H,35,37)/b21-14+. The summed E-state index contributed by atoms with van der Waals surface area (Å²) in [5, 5.41) is 9.43. The van der Waals surface area contributed by atoms with Gasteiger partial charge in [0.15, 0.2) is 0 Å². The lowest BCUT2D eigenvalue weighted by atomic mass is 9.91. The molecule has 8 nitrogen and oxygen atoms in total. The maximum absolute atomic E-state index is 13.0. The maximum atomic E-state index is 13.0. The van der Waals surface area contributed by atoms with Gasteiger partial charge in [-0.15, -0.1) is 0 Å². The van der Waals surface area contributed by atoms with Gasteiger partial charge in [0.1, 0.15) is 18.2 Å². The number of anilines is 2. The first kappa shape index (κ1) is 30.0. The third-order valence-corrected chi connectivity index (χ3v) is 6.52. The van der Waals surface area contributed by atoms with E-state index in [9.17, 15) is 14.4 Å². The van der Waals surface area contributed by atoms with E-state index in [0.717, 1.165) is 11.1 Å². The smallest absolute Gasteiger partial charge is 0.407 e. The second kappa shape index (κ2) is 13.1. The molecule has 0 aromatic heterocycles. The van der Waals surface area contributed by atoms with Crippen molar-refractivity contribution in [3.8, 4) is 0 Å². The Bertz CT molecular complexity index is 1450. The quantitative estimate of drug-likeness (QED) is 0.201. The molecule has 3 aromatic carbocycles. The average molecular weight is 597 g/mol. The van der Waals surface area contributed by atoms with E-state index < -0.39 is 29.6 Å². The van der Waals surface area contributed by atoms with Crippen LogP contribution in [0.1, 0.15) is 43.9 Å². The van der Waals surface area contributed by atoms with Gasteiger partial charge in [0.05, 0.1) is 5.02 Å². The fourth-order valence-electron chi connectivity index (χ4n) is 4.21. The Kier molecular flexibility index (Phi) is 9.57. The molecule has 0 spiro atoms. The van der Waals surface area contributed by atoms with Gasteiger partial charge in [0, 0.05) is 41.0 Å². The van der Waals surface area contributed by atoms with Crippen LogP contribution in [0.2, 0.25) is 10.0 Å². The summed E-state index contributed by atoms with van der Waals surface area (Å²) in [6, 6.07) is 18.9. The molecular formula is C31H31Cl2N3O5. The highest BCUT2D eigenvalue weighted by Gasteiger charge is 2.30. The predicted octanol–water partition coefficient (Wildman–Crippen LogP) is 6.97. The maximum Gasteiger partial charge on any atom is 0.407 e. The van der Waals surface area contributed by atoms with Crippen LogP contribution in [0.15, 0.2) is 72.8 Å². The van der Waals surface area contributed by atoms with Gasteiger partial charge in [-0.05, 0) is 61.7 Å². The monoisotopic (exact) mass is 595 g/mol. The summed E-state index contributed by atoms with van der Waals surface area (Å²) < 4.78 is 10.8. The molecule has 1 unspecified atom stereocenters. The van der Waals surface area contributed by atoms with Gasteiger partial charge < -0.3 is 25.4 Å². The summed E-state index contributed by atoms with van der Waals surface area (Å²) in [5.74, 6) is -0.854. The molecule has 4 rings (SSSR count). The highest BCUT2D eigenvalue weighted by atomic mass is 35.5. The summed E-state index contributed by atoms with van der Waals surface area (Å²) in [6.07, 6.45) is 1.10. The number of hydrogen-bond donors (Lipinski definition) is 3. The minimum absolute atomic E-state index is 0.129. The lowest BCUT2D eigenvalue weighted by Gasteiger charge is -2.28. The molecule has 3 N–H and O–H groups in total. The van der Waals surface area contributed by atoms with Gasteiger partial charge in [-0.2, -0.15) is 0 Å². The molecule has 0 saturated carbocycles. The van der Waals surface area contributed by atoms with Crippen LogP contribution in [0.4, 0.5) is 16.2 Å². The number of nitrogens with one attached hydrogen (secondary N) is 3. The van der Waals surface area contributed by atoms with E-state index in [4.69, 9.17) is 32.7 Å². The third-order valence-electron chi connectivity index (χ3n) is 6.00. The molecular weight excluding hydrogens is 565 g/mol. The van der Waals surface area contributed by atoms with E-state index in [1.807, 2.05) is 30.3 Å². The summed E-state index contributed by atoms with van der Waals surface area (Å²) in [4.78, 5) is 37.9. The second-order valence-electron chi connectivity index (χ2n) is 10.5. The number of carbonyl (C=O) groups excluding carboxylic acids is 3. The SMILES string of the molecule is CC(C)(C)OC(=O)NCc1ccc(NC(=O)/C=C2\CC(C(=O)OCc3ccccc3)Nc3cc(Cl)cc(Cl)c32)cc1.